The number of hydrogen-bond donors (Lipinski definition) is 0. The Kier molecular flexibility index (Phi) is 7.47. The molecule has 166 valence electrons. The van der Waals surface area contributed by atoms with Crippen LogP contribution in [0.1, 0.15) is 12.5 Å². The van der Waals surface area contributed by atoms with Crippen LogP contribution in [0.15, 0.2) is 93.2 Å². The Hall–Kier alpha value is -3.52. The number of nitrogens with zero attached hydrogens (tertiary/aromatic N) is 6. The van der Waals surface area contributed by atoms with Gasteiger partial charge in [0, 0.05) is 25.8 Å². The average Bonchev–Trinajstić information content (AvgIpc) is 3.18. The van der Waals surface area contributed by atoms with E-state index < -0.39 is 0 Å². The lowest BCUT2D eigenvalue weighted by atomic mass is 10.0. The van der Waals surface area contributed by atoms with Crippen LogP contribution in [0.25, 0.3) is 10.2 Å². The number of rotatable bonds is 8. The van der Waals surface area contributed by atoms with E-state index in [1.165, 1.54) is 10.4 Å². The van der Waals surface area contributed by atoms with E-state index in [0.29, 0.717) is 0 Å². The zero-order chi connectivity index (χ0) is 23.0. The first kappa shape index (κ1) is 22.7. The van der Waals surface area contributed by atoms with E-state index in [0.717, 1.165) is 46.7 Å². The maximum absolute atomic E-state index is 4.38. The first-order valence-electron chi connectivity index (χ1n) is 11.2. The van der Waals surface area contributed by atoms with Gasteiger partial charge in [0.2, 0.25) is 4.80 Å². The first-order chi connectivity index (χ1) is 16.2. The van der Waals surface area contributed by atoms with Gasteiger partial charge in [0.1, 0.15) is 7.85 Å². The highest BCUT2D eigenvalue weighted by atomic mass is 32.1. The molecule has 0 radical (unpaired) electrons. The molecule has 8 heteroatoms. The summed E-state index contributed by atoms with van der Waals surface area (Å²) in [5, 5.41) is 17.4. The van der Waals surface area contributed by atoms with E-state index in [2.05, 4.69) is 68.9 Å². The van der Waals surface area contributed by atoms with Gasteiger partial charge in [-0.15, -0.1) is 5.10 Å². The lowest BCUT2D eigenvalue weighted by molar-refractivity contribution is 0.865. The van der Waals surface area contributed by atoms with Crippen LogP contribution in [0.5, 0.6) is 0 Å². The van der Waals surface area contributed by atoms with Crippen molar-refractivity contribution in [2.45, 2.75) is 13.2 Å². The van der Waals surface area contributed by atoms with Gasteiger partial charge in [0.25, 0.3) is 0 Å². The molecule has 4 aromatic rings. The predicted octanol–water partition coefficient (Wildman–Crippen LogP) is 5.47. The van der Waals surface area contributed by atoms with Crippen LogP contribution in [0, 0.1) is 0 Å². The third kappa shape index (κ3) is 5.65. The number of thiazole rings is 1. The fourth-order valence-corrected chi connectivity index (χ4v) is 4.51. The fourth-order valence-electron chi connectivity index (χ4n) is 3.54. The number of benzene rings is 3. The summed E-state index contributed by atoms with van der Waals surface area (Å²) in [6.45, 7) is 4.23. The normalized spacial score (nSPS) is 12.4. The molecule has 0 aliphatic carbocycles. The lowest BCUT2D eigenvalue weighted by Gasteiger charge is -2.22. The van der Waals surface area contributed by atoms with Crippen molar-refractivity contribution in [3.05, 3.63) is 83.2 Å². The van der Waals surface area contributed by atoms with Crippen LogP contribution in [0.4, 0.5) is 17.1 Å². The molecule has 0 saturated carbocycles. The molecule has 0 amide bonds. The number of aryl methyl sites for hydroxylation is 1. The van der Waals surface area contributed by atoms with Gasteiger partial charge in [-0.05, 0) is 61.0 Å². The molecule has 3 aromatic carbocycles. The summed E-state index contributed by atoms with van der Waals surface area (Å²) in [7, 11) is 4.20. The zero-order valence-corrected chi connectivity index (χ0v) is 20.0. The molecule has 1 heterocycles. The summed E-state index contributed by atoms with van der Waals surface area (Å²) in [5.41, 5.74) is 4.97. The van der Waals surface area contributed by atoms with Gasteiger partial charge in [0.05, 0.1) is 27.8 Å². The largest absolute Gasteiger partial charge is 0.373 e. The molecule has 33 heavy (non-hydrogen) atoms. The van der Waals surface area contributed by atoms with Crippen LogP contribution >= 0.6 is 11.3 Å². The minimum absolute atomic E-state index is 0.797. The third-order valence-electron chi connectivity index (χ3n) is 5.33. The van der Waals surface area contributed by atoms with Gasteiger partial charge >= 0.3 is 0 Å². The Bertz CT molecular complexity index is 1320. The van der Waals surface area contributed by atoms with Crippen molar-refractivity contribution in [2.24, 2.45) is 27.5 Å². The van der Waals surface area contributed by atoms with Crippen molar-refractivity contribution in [1.29, 1.82) is 0 Å². The molecule has 0 saturated heterocycles. The number of aromatic nitrogens is 1. The highest BCUT2D eigenvalue weighted by Gasteiger charge is 2.03. The zero-order valence-electron chi connectivity index (χ0n) is 19.2. The molecular weight excluding hydrogens is 427 g/mol. The molecule has 4 rings (SSSR count). The molecule has 0 atom stereocenters. The summed E-state index contributed by atoms with van der Waals surface area (Å²) in [4.78, 5) is 3.22. The highest BCUT2D eigenvalue weighted by Crippen LogP contribution is 2.22. The monoisotopic (exact) mass is 454 g/mol. The molecule has 0 unspecified atom stereocenters. The molecule has 1 aromatic heterocycles. The van der Waals surface area contributed by atoms with Crippen molar-refractivity contribution in [3.63, 3.8) is 0 Å². The Labute approximate surface area is 199 Å². The SMILES string of the molecule is BCCN(CC)c1ccc(/N=N/c2ccc(/C=N/N=c3\sc4ccccc4n3C)cc2)cc1. The molecule has 0 spiro atoms. The maximum Gasteiger partial charge on any atom is 0.211 e. The van der Waals surface area contributed by atoms with E-state index in [-0.39, 0.29) is 0 Å². The number of para-hydroxylation sites is 1. The van der Waals surface area contributed by atoms with E-state index in [9.17, 15) is 0 Å². The first-order valence-corrected chi connectivity index (χ1v) is 12.0. The molecule has 0 aliphatic rings. The van der Waals surface area contributed by atoms with Crippen molar-refractivity contribution in [3.8, 4) is 0 Å². The summed E-state index contributed by atoms with van der Waals surface area (Å²) in [6, 6.07) is 24.3. The van der Waals surface area contributed by atoms with Gasteiger partial charge in [-0.2, -0.15) is 15.3 Å². The number of azo groups is 1. The Balaban J connectivity index is 1.41. The molecule has 0 bridgehead atoms. The summed E-state index contributed by atoms with van der Waals surface area (Å²) in [6.07, 6.45) is 2.88. The minimum atomic E-state index is 0.797. The second kappa shape index (κ2) is 10.9. The summed E-state index contributed by atoms with van der Waals surface area (Å²) >= 11 is 1.62. The van der Waals surface area contributed by atoms with Crippen molar-refractivity contribution in [2.75, 3.05) is 18.0 Å². The number of anilines is 1. The molecule has 0 N–H and O–H groups in total. The minimum Gasteiger partial charge on any atom is -0.373 e. The molecular formula is C25H27BN6S. The lowest BCUT2D eigenvalue weighted by Crippen LogP contribution is -2.23. The summed E-state index contributed by atoms with van der Waals surface area (Å²) in [5.74, 6) is 0. The average molecular weight is 454 g/mol. The van der Waals surface area contributed by atoms with Crippen LogP contribution in [0.2, 0.25) is 6.32 Å². The van der Waals surface area contributed by atoms with Crippen LogP contribution in [-0.4, -0.2) is 31.7 Å². The summed E-state index contributed by atoms with van der Waals surface area (Å²) < 4.78 is 3.25. The topological polar surface area (TPSA) is 57.6 Å². The van der Waals surface area contributed by atoms with E-state index in [4.69, 9.17) is 0 Å². The van der Waals surface area contributed by atoms with Crippen molar-refractivity contribution < 1.29 is 0 Å². The number of fused-ring (bicyclic) bond motifs is 1. The smallest absolute Gasteiger partial charge is 0.211 e. The number of hydrogen-bond acceptors (Lipinski definition) is 6. The van der Waals surface area contributed by atoms with Gasteiger partial charge in [-0.25, -0.2) is 0 Å². The highest BCUT2D eigenvalue weighted by molar-refractivity contribution is 7.16. The second-order valence-corrected chi connectivity index (χ2v) is 8.65. The van der Waals surface area contributed by atoms with Crippen molar-refractivity contribution in [1.82, 2.24) is 4.57 Å². The van der Waals surface area contributed by atoms with E-state index in [1.807, 2.05) is 55.6 Å². The van der Waals surface area contributed by atoms with Gasteiger partial charge < -0.3 is 9.47 Å². The van der Waals surface area contributed by atoms with Crippen LogP contribution < -0.4 is 9.70 Å². The Morgan fingerprint density at radius 3 is 2.24 bits per heavy atom. The fraction of sp³-hybridized carbons (Fsp3) is 0.200. The molecule has 0 fully saturated rings. The van der Waals surface area contributed by atoms with Gasteiger partial charge in [-0.1, -0.05) is 41.9 Å². The van der Waals surface area contributed by atoms with Gasteiger partial charge in [0.15, 0.2) is 0 Å². The van der Waals surface area contributed by atoms with Gasteiger partial charge in [-0.3, -0.25) is 0 Å². The van der Waals surface area contributed by atoms with E-state index >= 15 is 0 Å². The van der Waals surface area contributed by atoms with Crippen molar-refractivity contribution >= 4 is 52.7 Å². The standard InChI is InChI=1S/C25H27BN6S/c1-3-32(17-16-26)22-14-12-21(13-15-22)29-28-20-10-8-19(9-11-20)18-27-30-25-31(2)23-6-4-5-7-24(23)33-25/h4-15,18H,3,16-17,26H2,1-2H3/b27-18+,29-28+,30-25-. The maximum atomic E-state index is 4.38. The Morgan fingerprint density at radius 2 is 1.61 bits per heavy atom. The third-order valence-corrected chi connectivity index (χ3v) is 6.43. The second-order valence-electron chi connectivity index (χ2n) is 7.64. The predicted molar refractivity (Wildman–Crippen MR) is 142 cm³/mol. The molecule has 0 aliphatic heterocycles. The quantitative estimate of drug-likeness (QED) is 0.151. The van der Waals surface area contributed by atoms with Crippen LogP contribution in [0.3, 0.4) is 0 Å². The molecule has 6 nitrogen and oxygen atoms in total. The van der Waals surface area contributed by atoms with Crippen LogP contribution in [-0.2, 0) is 7.05 Å². The Morgan fingerprint density at radius 1 is 0.939 bits per heavy atom. The van der Waals surface area contributed by atoms with E-state index in [1.54, 1.807) is 17.6 Å².